The highest BCUT2D eigenvalue weighted by atomic mass is 16.5. The summed E-state index contributed by atoms with van der Waals surface area (Å²) < 4.78 is 5.52. The van der Waals surface area contributed by atoms with Crippen molar-refractivity contribution < 1.29 is 34.1 Å². The monoisotopic (exact) mass is 497 g/mol. The molecule has 0 radical (unpaired) electrons. The van der Waals surface area contributed by atoms with Crippen LogP contribution in [0.3, 0.4) is 0 Å². The molecule has 2 aromatic rings. The van der Waals surface area contributed by atoms with Crippen molar-refractivity contribution in [1.82, 2.24) is 10.2 Å². The highest BCUT2D eigenvalue weighted by Gasteiger charge is 2.40. The maximum absolute atomic E-state index is 13.3. The number of alkyl carbamates (subject to hydrolysis) is 1. The molecule has 1 aliphatic carbocycles. The molecule has 0 spiro atoms. The number of nitrogens with one attached hydrogen (secondary N) is 1. The molecule has 3 amide bonds. The van der Waals surface area contributed by atoms with E-state index in [1.807, 2.05) is 48.5 Å². The van der Waals surface area contributed by atoms with Crippen molar-refractivity contribution >= 4 is 23.9 Å². The number of hydrogen-bond donors (Lipinski definition) is 4. The van der Waals surface area contributed by atoms with Gasteiger partial charge in [0.2, 0.25) is 5.91 Å². The molecule has 0 aliphatic heterocycles. The number of carboxylic acid groups (broad SMARTS) is 1. The first kappa shape index (κ1) is 26.8. The van der Waals surface area contributed by atoms with Crippen LogP contribution in [-0.2, 0) is 19.1 Å². The van der Waals surface area contributed by atoms with Crippen molar-refractivity contribution in [3.05, 3.63) is 59.7 Å². The smallest absolute Gasteiger partial charge is 0.407 e. The molecule has 2 aromatic carbocycles. The summed E-state index contributed by atoms with van der Waals surface area (Å²) in [5, 5.41) is 21.4. The number of aliphatic hydroxyl groups is 1. The van der Waals surface area contributed by atoms with Crippen molar-refractivity contribution in [2.75, 3.05) is 19.8 Å². The Labute approximate surface area is 209 Å². The number of nitrogens with two attached hydrogens (primary N) is 1. The number of carbonyl (C=O) groups is 4. The Bertz CT molecular complexity index is 1090. The van der Waals surface area contributed by atoms with Gasteiger partial charge in [0.1, 0.15) is 12.6 Å². The van der Waals surface area contributed by atoms with Gasteiger partial charge in [-0.15, -0.1) is 0 Å². The number of fused-ring (bicyclic) bond motifs is 3. The Kier molecular flexibility index (Phi) is 8.78. The quantitative estimate of drug-likeness (QED) is 0.386. The van der Waals surface area contributed by atoms with Gasteiger partial charge in [0.25, 0.3) is 5.91 Å². The molecule has 10 heteroatoms. The van der Waals surface area contributed by atoms with Crippen LogP contribution in [0.1, 0.15) is 37.3 Å². The van der Waals surface area contributed by atoms with E-state index in [1.54, 1.807) is 13.8 Å². The lowest BCUT2D eigenvalue weighted by molar-refractivity contribution is -0.160. The fourth-order valence-corrected chi connectivity index (χ4v) is 4.42. The van der Waals surface area contributed by atoms with Crippen LogP contribution in [0.25, 0.3) is 11.1 Å². The van der Waals surface area contributed by atoms with Gasteiger partial charge in [0.15, 0.2) is 6.04 Å². The Balaban J connectivity index is 1.78. The SMILES string of the molecule is CC[C@H](C)[C@H](NC(=O)OCC1c2ccccc2-c2ccccc21)C(=O)N(C(=O)CN)[C@@H](CO)C(=O)O. The normalized spacial score (nSPS) is 14.7. The first-order valence-electron chi connectivity index (χ1n) is 11.8. The fraction of sp³-hybridized carbons (Fsp3) is 0.385. The number of carboxylic acids is 1. The molecule has 0 fully saturated rings. The number of benzene rings is 2. The molecule has 0 aromatic heterocycles. The van der Waals surface area contributed by atoms with E-state index in [-0.39, 0.29) is 12.5 Å². The van der Waals surface area contributed by atoms with E-state index in [4.69, 9.17) is 10.5 Å². The van der Waals surface area contributed by atoms with Gasteiger partial charge >= 0.3 is 12.1 Å². The number of aliphatic carboxylic acids is 1. The van der Waals surface area contributed by atoms with E-state index in [0.29, 0.717) is 11.3 Å². The molecular weight excluding hydrogens is 466 g/mol. The van der Waals surface area contributed by atoms with Crippen LogP contribution in [0, 0.1) is 5.92 Å². The highest BCUT2D eigenvalue weighted by molar-refractivity contribution is 6.03. The van der Waals surface area contributed by atoms with Crippen molar-refractivity contribution in [1.29, 1.82) is 0 Å². The minimum Gasteiger partial charge on any atom is -0.480 e. The lowest BCUT2D eigenvalue weighted by Gasteiger charge is -2.32. The predicted octanol–water partition coefficient (Wildman–Crippen LogP) is 1.70. The zero-order valence-corrected chi connectivity index (χ0v) is 20.2. The van der Waals surface area contributed by atoms with Gasteiger partial charge in [0, 0.05) is 5.92 Å². The number of hydrogen-bond acceptors (Lipinski definition) is 7. The average molecular weight is 498 g/mol. The largest absolute Gasteiger partial charge is 0.480 e. The number of rotatable bonds is 10. The molecule has 0 bridgehead atoms. The summed E-state index contributed by atoms with van der Waals surface area (Å²) in [4.78, 5) is 50.4. The summed E-state index contributed by atoms with van der Waals surface area (Å²) in [5.74, 6) is -4.20. The fourth-order valence-electron chi connectivity index (χ4n) is 4.42. The first-order chi connectivity index (χ1) is 17.2. The van der Waals surface area contributed by atoms with Crippen LogP contribution < -0.4 is 11.1 Å². The van der Waals surface area contributed by atoms with Crippen LogP contribution in [-0.4, -0.2) is 70.8 Å². The van der Waals surface area contributed by atoms with E-state index in [0.717, 1.165) is 22.3 Å². The number of nitrogens with zero attached hydrogens (tertiary/aromatic N) is 1. The van der Waals surface area contributed by atoms with Gasteiger partial charge in [-0.1, -0.05) is 68.8 Å². The molecule has 192 valence electrons. The van der Waals surface area contributed by atoms with Gasteiger partial charge in [0.05, 0.1) is 13.2 Å². The molecule has 0 heterocycles. The number of amides is 3. The topological polar surface area (TPSA) is 159 Å². The van der Waals surface area contributed by atoms with Crippen LogP contribution in [0.5, 0.6) is 0 Å². The summed E-state index contributed by atoms with van der Waals surface area (Å²) in [7, 11) is 0. The first-order valence-corrected chi connectivity index (χ1v) is 11.8. The highest BCUT2D eigenvalue weighted by Crippen LogP contribution is 2.44. The summed E-state index contributed by atoms with van der Waals surface area (Å²) in [6, 6.07) is 12.6. The number of ether oxygens (including phenoxy) is 1. The summed E-state index contributed by atoms with van der Waals surface area (Å²) in [6.07, 6.45) is -0.451. The van der Waals surface area contributed by atoms with Crippen LogP contribution >= 0.6 is 0 Å². The van der Waals surface area contributed by atoms with Gasteiger partial charge < -0.3 is 26.0 Å². The molecule has 3 rings (SSSR count). The molecule has 36 heavy (non-hydrogen) atoms. The zero-order chi connectivity index (χ0) is 26.4. The zero-order valence-electron chi connectivity index (χ0n) is 20.2. The van der Waals surface area contributed by atoms with Crippen LogP contribution in [0.15, 0.2) is 48.5 Å². The molecule has 5 N–H and O–H groups in total. The summed E-state index contributed by atoms with van der Waals surface area (Å²) in [5.41, 5.74) is 9.55. The van der Waals surface area contributed by atoms with Crippen molar-refractivity contribution in [2.24, 2.45) is 11.7 Å². The Morgan fingerprint density at radius 3 is 2.08 bits per heavy atom. The van der Waals surface area contributed by atoms with E-state index < -0.39 is 55.0 Å². The Morgan fingerprint density at radius 1 is 1.06 bits per heavy atom. The molecule has 1 aliphatic rings. The Morgan fingerprint density at radius 2 is 1.61 bits per heavy atom. The maximum atomic E-state index is 13.3. The third-order valence-electron chi connectivity index (χ3n) is 6.55. The Hall–Kier alpha value is -3.76. The molecule has 0 unspecified atom stereocenters. The summed E-state index contributed by atoms with van der Waals surface area (Å²) >= 11 is 0. The standard InChI is InChI=1S/C26H31N3O7/c1-3-15(2)23(24(32)29(22(31)12-27)21(13-30)25(33)34)28-26(35)36-14-20-18-10-6-4-8-16(18)17-9-5-7-11-19(17)20/h4-11,15,20-21,23,30H,3,12-14,27H2,1-2H3,(H,28,35)(H,33,34)/t15-,21-,23-/m0/s1. The van der Waals surface area contributed by atoms with E-state index in [2.05, 4.69) is 5.32 Å². The third-order valence-corrected chi connectivity index (χ3v) is 6.55. The van der Waals surface area contributed by atoms with E-state index >= 15 is 0 Å². The van der Waals surface area contributed by atoms with Gasteiger partial charge in [-0.3, -0.25) is 14.5 Å². The van der Waals surface area contributed by atoms with Gasteiger partial charge in [-0.25, -0.2) is 9.59 Å². The molecular formula is C26H31N3O7. The van der Waals surface area contributed by atoms with E-state index in [9.17, 15) is 29.4 Å². The second kappa shape index (κ2) is 11.8. The number of imide groups is 1. The van der Waals surface area contributed by atoms with Crippen molar-refractivity contribution in [2.45, 2.75) is 38.3 Å². The molecule has 0 saturated carbocycles. The minimum atomic E-state index is -1.83. The van der Waals surface area contributed by atoms with Crippen LogP contribution in [0.2, 0.25) is 0 Å². The lowest BCUT2D eigenvalue weighted by Crippen LogP contribution is -2.60. The maximum Gasteiger partial charge on any atom is 0.407 e. The minimum absolute atomic E-state index is 0.0150. The average Bonchev–Trinajstić information content (AvgIpc) is 3.21. The molecule has 0 saturated heterocycles. The summed E-state index contributed by atoms with van der Waals surface area (Å²) in [6.45, 7) is 1.83. The predicted molar refractivity (Wildman–Crippen MR) is 131 cm³/mol. The van der Waals surface area contributed by atoms with E-state index in [1.165, 1.54) is 0 Å². The lowest BCUT2D eigenvalue weighted by atomic mass is 9.97. The van der Waals surface area contributed by atoms with Gasteiger partial charge in [-0.2, -0.15) is 0 Å². The molecule has 3 atom stereocenters. The third kappa shape index (κ3) is 5.39. The second-order valence-electron chi connectivity index (χ2n) is 8.68. The van der Waals surface area contributed by atoms with Crippen LogP contribution in [0.4, 0.5) is 4.79 Å². The second-order valence-corrected chi connectivity index (χ2v) is 8.68. The van der Waals surface area contributed by atoms with Gasteiger partial charge in [-0.05, 0) is 28.2 Å². The number of aliphatic hydroxyl groups excluding tert-OH is 1. The van der Waals surface area contributed by atoms with Crippen molar-refractivity contribution in [3.63, 3.8) is 0 Å². The van der Waals surface area contributed by atoms with Crippen molar-refractivity contribution in [3.8, 4) is 11.1 Å². The number of carbonyl (C=O) groups excluding carboxylic acids is 3. The molecule has 10 nitrogen and oxygen atoms in total.